The van der Waals surface area contributed by atoms with E-state index in [1.807, 2.05) is 13.8 Å². The zero-order chi connectivity index (χ0) is 18.9. The first-order chi connectivity index (χ1) is 12.6. The number of amides is 1. The number of anilines is 2. The fourth-order valence-corrected chi connectivity index (χ4v) is 2.54. The van der Waals surface area contributed by atoms with E-state index >= 15 is 0 Å². The van der Waals surface area contributed by atoms with Crippen molar-refractivity contribution in [2.24, 2.45) is 0 Å². The Morgan fingerprint density at radius 3 is 2.35 bits per heavy atom. The van der Waals surface area contributed by atoms with E-state index in [-0.39, 0.29) is 5.91 Å². The average Bonchev–Trinajstić information content (AvgIpc) is 2.67. The highest BCUT2D eigenvalue weighted by Crippen LogP contribution is 2.20. The van der Waals surface area contributed by atoms with Crippen molar-refractivity contribution in [2.45, 2.75) is 26.7 Å². The van der Waals surface area contributed by atoms with Crippen LogP contribution in [0, 0.1) is 0 Å². The van der Waals surface area contributed by atoms with Gasteiger partial charge in [-0.15, -0.1) is 0 Å². The molecule has 0 radical (unpaired) electrons. The Hall–Kier alpha value is -2.96. The molecule has 1 amide bonds. The van der Waals surface area contributed by atoms with E-state index in [0.29, 0.717) is 35.9 Å². The van der Waals surface area contributed by atoms with E-state index in [9.17, 15) is 9.59 Å². The number of nitrogens with one attached hydrogen (secondary N) is 1. The van der Waals surface area contributed by atoms with Gasteiger partial charge in [0.15, 0.2) is 0 Å². The Morgan fingerprint density at radius 1 is 1.08 bits per heavy atom. The zero-order valence-corrected chi connectivity index (χ0v) is 15.4. The molecule has 2 aromatic rings. The molecule has 1 aromatic carbocycles. The summed E-state index contributed by atoms with van der Waals surface area (Å²) in [6.07, 6.45) is 4.72. The highest BCUT2D eigenvalue weighted by Gasteiger charge is 2.16. The lowest BCUT2D eigenvalue weighted by Gasteiger charge is -2.20. The number of hydrogen-bond donors (Lipinski definition) is 1. The number of carbonyl (C=O) groups excluding carboxylic acids is 2. The van der Waals surface area contributed by atoms with Crippen molar-refractivity contribution >= 4 is 23.4 Å². The molecule has 7 nitrogen and oxygen atoms in total. The second-order valence-corrected chi connectivity index (χ2v) is 5.74. The summed E-state index contributed by atoms with van der Waals surface area (Å²) in [5.74, 6) is -0.124. The molecule has 0 aliphatic rings. The molecule has 0 bridgehead atoms. The number of rotatable bonds is 8. The van der Waals surface area contributed by atoms with E-state index < -0.39 is 5.97 Å². The van der Waals surface area contributed by atoms with Gasteiger partial charge in [-0.2, -0.15) is 0 Å². The predicted octanol–water partition coefficient (Wildman–Crippen LogP) is 3.27. The molecule has 1 aromatic heterocycles. The number of carbonyl (C=O) groups is 2. The third kappa shape index (κ3) is 4.78. The molecule has 0 aliphatic carbocycles. The maximum absolute atomic E-state index is 12.5. The fourth-order valence-electron chi connectivity index (χ4n) is 2.54. The molecular formula is C19H24N4O3. The van der Waals surface area contributed by atoms with Crippen LogP contribution in [0.1, 0.15) is 47.5 Å². The van der Waals surface area contributed by atoms with Crippen LogP contribution in [-0.2, 0) is 4.74 Å². The minimum Gasteiger partial charge on any atom is -0.465 e. The topological polar surface area (TPSA) is 84.4 Å². The molecule has 0 unspecified atom stereocenters. The number of ether oxygens (including phenoxy) is 1. The van der Waals surface area contributed by atoms with Crippen LogP contribution in [0.3, 0.4) is 0 Å². The fraction of sp³-hybridized carbons (Fsp3) is 0.368. The first-order valence-electron chi connectivity index (χ1n) is 8.66. The molecule has 0 spiro atoms. The van der Waals surface area contributed by atoms with E-state index in [1.165, 1.54) is 19.5 Å². The SMILES string of the molecule is CCCN(CCC)C(=O)c1cnc(Nc2ccccc2C(=O)OC)cn1. The first kappa shape index (κ1) is 19.4. The van der Waals surface area contributed by atoms with Gasteiger partial charge in [0.25, 0.3) is 5.91 Å². The Kier molecular flexibility index (Phi) is 7.08. The number of aromatic nitrogens is 2. The lowest BCUT2D eigenvalue weighted by Crippen LogP contribution is -2.33. The molecule has 0 fully saturated rings. The third-order valence-electron chi connectivity index (χ3n) is 3.74. The normalized spacial score (nSPS) is 10.3. The zero-order valence-electron chi connectivity index (χ0n) is 15.4. The van der Waals surface area contributed by atoms with Gasteiger partial charge in [-0.05, 0) is 25.0 Å². The monoisotopic (exact) mass is 356 g/mol. The van der Waals surface area contributed by atoms with Gasteiger partial charge in [-0.1, -0.05) is 26.0 Å². The van der Waals surface area contributed by atoms with Gasteiger partial charge in [-0.25, -0.2) is 14.8 Å². The summed E-state index contributed by atoms with van der Waals surface area (Å²) in [5, 5.41) is 3.03. The quantitative estimate of drug-likeness (QED) is 0.731. The Balaban J connectivity index is 2.15. The highest BCUT2D eigenvalue weighted by atomic mass is 16.5. The molecule has 138 valence electrons. The van der Waals surface area contributed by atoms with Crippen LogP contribution < -0.4 is 5.32 Å². The second kappa shape index (κ2) is 9.50. The maximum atomic E-state index is 12.5. The van der Waals surface area contributed by atoms with Crippen molar-refractivity contribution in [3.8, 4) is 0 Å². The number of para-hydroxylation sites is 1. The van der Waals surface area contributed by atoms with Crippen LogP contribution in [0.25, 0.3) is 0 Å². The second-order valence-electron chi connectivity index (χ2n) is 5.74. The summed E-state index contributed by atoms with van der Waals surface area (Å²) in [4.78, 5) is 34.6. The first-order valence-corrected chi connectivity index (χ1v) is 8.66. The molecule has 2 rings (SSSR count). The van der Waals surface area contributed by atoms with Crippen LogP contribution in [-0.4, -0.2) is 46.9 Å². The Bertz CT molecular complexity index is 741. The van der Waals surface area contributed by atoms with Gasteiger partial charge >= 0.3 is 5.97 Å². The maximum Gasteiger partial charge on any atom is 0.339 e. The van der Waals surface area contributed by atoms with E-state index in [0.717, 1.165) is 12.8 Å². The summed E-state index contributed by atoms with van der Waals surface area (Å²) in [7, 11) is 1.33. The smallest absolute Gasteiger partial charge is 0.339 e. The van der Waals surface area contributed by atoms with Crippen LogP contribution >= 0.6 is 0 Å². The molecule has 1 N–H and O–H groups in total. The molecule has 0 saturated heterocycles. The van der Waals surface area contributed by atoms with Crippen LogP contribution in [0.15, 0.2) is 36.7 Å². The molecule has 0 aliphatic heterocycles. The summed E-state index contributed by atoms with van der Waals surface area (Å²) >= 11 is 0. The van der Waals surface area contributed by atoms with Crippen LogP contribution in [0.2, 0.25) is 0 Å². The average molecular weight is 356 g/mol. The number of methoxy groups -OCH3 is 1. The van der Waals surface area contributed by atoms with Crippen molar-refractivity contribution in [3.05, 3.63) is 47.9 Å². The van der Waals surface area contributed by atoms with Gasteiger partial charge in [0.1, 0.15) is 11.5 Å². The third-order valence-corrected chi connectivity index (χ3v) is 3.74. The van der Waals surface area contributed by atoms with Crippen molar-refractivity contribution in [2.75, 3.05) is 25.5 Å². The number of esters is 1. The predicted molar refractivity (Wildman–Crippen MR) is 99.6 cm³/mol. The van der Waals surface area contributed by atoms with E-state index in [1.54, 1.807) is 29.2 Å². The van der Waals surface area contributed by atoms with Crippen molar-refractivity contribution in [1.29, 1.82) is 0 Å². The van der Waals surface area contributed by atoms with E-state index in [2.05, 4.69) is 15.3 Å². The lowest BCUT2D eigenvalue weighted by molar-refractivity contribution is 0.0601. The number of hydrogen-bond acceptors (Lipinski definition) is 6. The van der Waals surface area contributed by atoms with Crippen molar-refractivity contribution < 1.29 is 14.3 Å². The molecular weight excluding hydrogens is 332 g/mol. The van der Waals surface area contributed by atoms with Gasteiger partial charge < -0.3 is 15.0 Å². The highest BCUT2D eigenvalue weighted by molar-refractivity contribution is 5.96. The molecule has 26 heavy (non-hydrogen) atoms. The summed E-state index contributed by atoms with van der Waals surface area (Å²) in [5.41, 5.74) is 1.26. The Morgan fingerprint density at radius 2 is 1.77 bits per heavy atom. The van der Waals surface area contributed by atoms with E-state index in [4.69, 9.17) is 4.74 Å². The Labute approximate surface area is 153 Å². The minimum atomic E-state index is -0.442. The minimum absolute atomic E-state index is 0.122. The standard InChI is InChI=1S/C19H24N4O3/c1-4-10-23(11-5-2)18(24)16-12-21-17(13-20-16)22-15-9-7-6-8-14(15)19(25)26-3/h6-9,12-13H,4-5,10-11H2,1-3H3,(H,21,22). The lowest BCUT2D eigenvalue weighted by atomic mass is 10.2. The largest absolute Gasteiger partial charge is 0.465 e. The van der Waals surface area contributed by atoms with Gasteiger partial charge in [0, 0.05) is 13.1 Å². The van der Waals surface area contributed by atoms with Crippen LogP contribution in [0.5, 0.6) is 0 Å². The van der Waals surface area contributed by atoms with Crippen molar-refractivity contribution in [3.63, 3.8) is 0 Å². The van der Waals surface area contributed by atoms with Gasteiger partial charge in [0.2, 0.25) is 0 Å². The van der Waals surface area contributed by atoms with Crippen molar-refractivity contribution in [1.82, 2.24) is 14.9 Å². The number of benzene rings is 1. The summed E-state index contributed by atoms with van der Waals surface area (Å²) < 4.78 is 4.77. The molecule has 0 atom stereocenters. The molecule has 0 saturated carbocycles. The summed E-state index contributed by atoms with van der Waals surface area (Å²) in [6.45, 7) is 5.46. The molecule has 7 heteroatoms. The van der Waals surface area contributed by atoms with Crippen LogP contribution in [0.4, 0.5) is 11.5 Å². The summed E-state index contributed by atoms with van der Waals surface area (Å²) in [6, 6.07) is 6.96. The van der Waals surface area contributed by atoms with Gasteiger partial charge in [0.05, 0.1) is 30.8 Å². The number of nitrogens with zero attached hydrogens (tertiary/aromatic N) is 3. The molecule has 1 heterocycles. The van der Waals surface area contributed by atoms with Gasteiger partial charge in [-0.3, -0.25) is 4.79 Å².